The van der Waals surface area contributed by atoms with Crippen LogP contribution in [0.4, 0.5) is 5.13 Å². The number of carbonyl (C=O) groups excluding carboxylic acids is 1. The van der Waals surface area contributed by atoms with Crippen LogP contribution in [-0.4, -0.2) is 19.3 Å². The first-order valence-electron chi connectivity index (χ1n) is 5.69. The van der Waals surface area contributed by atoms with Gasteiger partial charge in [0.2, 0.25) is 5.91 Å². The third-order valence-corrected chi connectivity index (χ3v) is 4.70. The zero-order chi connectivity index (χ0) is 14.8. The highest BCUT2D eigenvalue weighted by molar-refractivity contribution is 7.93. The van der Waals surface area contributed by atoms with Gasteiger partial charge in [0.05, 0.1) is 17.0 Å². The van der Waals surface area contributed by atoms with E-state index in [4.69, 9.17) is 5.73 Å². The Balaban J connectivity index is 2.20. The Morgan fingerprint density at radius 2 is 2.20 bits per heavy atom. The minimum absolute atomic E-state index is 0.0112. The van der Waals surface area contributed by atoms with E-state index in [2.05, 4.69) is 9.71 Å². The maximum absolute atomic E-state index is 12.1. The number of anilines is 1. The molecule has 1 aromatic carbocycles. The first-order chi connectivity index (χ1) is 9.37. The Labute approximate surface area is 120 Å². The van der Waals surface area contributed by atoms with Crippen molar-refractivity contribution in [3.63, 3.8) is 0 Å². The van der Waals surface area contributed by atoms with Gasteiger partial charge in [-0.25, -0.2) is 13.4 Å². The molecular formula is C12H13N3O3S2. The second-order valence-corrected chi connectivity index (χ2v) is 6.75. The molecule has 0 aliphatic rings. The molecule has 2 rings (SSSR count). The lowest BCUT2D eigenvalue weighted by Crippen LogP contribution is -2.15. The van der Waals surface area contributed by atoms with Crippen molar-refractivity contribution in [2.75, 3.05) is 4.72 Å². The number of benzene rings is 1. The van der Waals surface area contributed by atoms with Gasteiger partial charge in [0.15, 0.2) is 5.13 Å². The van der Waals surface area contributed by atoms with E-state index < -0.39 is 15.9 Å². The van der Waals surface area contributed by atoms with Crippen LogP contribution in [0, 0.1) is 6.92 Å². The van der Waals surface area contributed by atoms with Crippen LogP contribution in [0.1, 0.15) is 11.3 Å². The molecule has 0 spiro atoms. The van der Waals surface area contributed by atoms with E-state index in [1.54, 1.807) is 17.5 Å². The lowest BCUT2D eigenvalue weighted by atomic mass is 10.2. The third kappa shape index (κ3) is 3.55. The number of carbonyl (C=O) groups is 1. The van der Waals surface area contributed by atoms with Crippen molar-refractivity contribution in [2.24, 2.45) is 5.73 Å². The minimum Gasteiger partial charge on any atom is -0.369 e. The molecule has 0 saturated carbocycles. The Morgan fingerprint density at radius 3 is 2.85 bits per heavy atom. The van der Waals surface area contributed by atoms with Crippen LogP contribution < -0.4 is 10.5 Å². The summed E-state index contributed by atoms with van der Waals surface area (Å²) < 4.78 is 26.7. The minimum atomic E-state index is -3.67. The van der Waals surface area contributed by atoms with Gasteiger partial charge in [-0.3, -0.25) is 9.52 Å². The molecule has 8 heteroatoms. The van der Waals surface area contributed by atoms with Crippen molar-refractivity contribution in [1.29, 1.82) is 0 Å². The van der Waals surface area contributed by atoms with Crippen molar-refractivity contribution in [1.82, 2.24) is 4.98 Å². The molecule has 0 fully saturated rings. The van der Waals surface area contributed by atoms with E-state index in [-0.39, 0.29) is 16.4 Å². The Bertz CT molecular complexity index is 738. The molecule has 0 aliphatic carbocycles. The summed E-state index contributed by atoms with van der Waals surface area (Å²) in [6.07, 6.45) is -0.0112. The van der Waals surface area contributed by atoms with Crippen LogP contribution in [-0.2, 0) is 21.2 Å². The van der Waals surface area contributed by atoms with E-state index >= 15 is 0 Å². The zero-order valence-corrected chi connectivity index (χ0v) is 12.3. The number of nitrogens with zero attached hydrogens (tertiary/aromatic N) is 1. The maximum Gasteiger partial charge on any atom is 0.263 e. The van der Waals surface area contributed by atoms with Crippen molar-refractivity contribution < 1.29 is 13.2 Å². The predicted molar refractivity (Wildman–Crippen MR) is 77.0 cm³/mol. The summed E-state index contributed by atoms with van der Waals surface area (Å²) >= 11 is 1.11. The summed E-state index contributed by atoms with van der Waals surface area (Å²) in [5, 5.41) is 1.81. The molecular weight excluding hydrogens is 298 g/mol. The summed E-state index contributed by atoms with van der Waals surface area (Å²) in [5.74, 6) is -0.511. The monoisotopic (exact) mass is 311 g/mol. The van der Waals surface area contributed by atoms with Crippen LogP contribution in [0.25, 0.3) is 0 Å². The highest BCUT2D eigenvalue weighted by Gasteiger charge is 2.16. The molecule has 106 valence electrons. The third-order valence-electron chi connectivity index (χ3n) is 2.43. The molecule has 0 saturated heterocycles. The highest BCUT2D eigenvalue weighted by Crippen LogP contribution is 2.20. The zero-order valence-electron chi connectivity index (χ0n) is 10.7. The molecule has 0 bridgehead atoms. The number of nitrogens with one attached hydrogen (secondary N) is 1. The van der Waals surface area contributed by atoms with Gasteiger partial charge in [-0.1, -0.05) is 12.1 Å². The standard InChI is InChI=1S/C12H13N3O3S2/c1-8-3-2-4-10(5-8)20(17,18)15-12-14-9(7-19-12)6-11(13)16/h2-5,7H,6H2,1H3,(H2,13,16)(H,14,15). The average Bonchev–Trinajstić information content (AvgIpc) is 2.74. The Morgan fingerprint density at radius 1 is 1.45 bits per heavy atom. The van der Waals surface area contributed by atoms with E-state index in [9.17, 15) is 13.2 Å². The van der Waals surface area contributed by atoms with Crippen molar-refractivity contribution in [3.8, 4) is 0 Å². The van der Waals surface area contributed by atoms with Crippen LogP contribution in [0.15, 0.2) is 34.5 Å². The fraction of sp³-hybridized carbons (Fsp3) is 0.167. The molecule has 3 N–H and O–H groups in total. The fourth-order valence-corrected chi connectivity index (χ4v) is 3.64. The van der Waals surface area contributed by atoms with Gasteiger partial charge in [-0.2, -0.15) is 0 Å². The fourth-order valence-electron chi connectivity index (χ4n) is 1.57. The number of sulfonamides is 1. The van der Waals surface area contributed by atoms with Gasteiger partial charge in [0.1, 0.15) is 0 Å². The number of aryl methyl sites for hydroxylation is 1. The molecule has 2 aromatic rings. The lowest BCUT2D eigenvalue weighted by Gasteiger charge is -2.05. The second kappa shape index (κ2) is 5.59. The normalized spacial score (nSPS) is 11.2. The number of amides is 1. The number of nitrogens with two attached hydrogens (primary N) is 1. The molecule has 20 heavy (non-hydrogen) atoms. The Kier molecular flexibility index (Phi) is 4.05. The van der Waals surface area contributed by atoms with Crippen LogP contribution >= 0.6 is 11.3 Å². The van der Waals surface area contributed by atoms with Gasteiger partial charge in [-0.05, 0) is 24.6 Å². The van der Waals surface area contributed by atoms with E-state index in [1.165, 1.54) is 6.07 Å². The van der Waals surface area contributed by atoms with Gasteiger partial charge < -0.3 is 5.73 Å². The number of hydrogen-bond donors (Lipinski definition) is 2. The quantitative estimate of drug-likeness (QED) is 0.868. The number of thiazole rings is 1. The molecule has 6 nitrogen and oxygen atoms in total. The smallest absolute Gasteiger partial charge is 0.263 e. The first-order valence-corrected chi connectivity index (χ1v) is 8.05. The van der Waals surface area contributed by atoms with Gasteiger partial charge in [0, 0.05) is 5.38 Å². The predicted octanol–water partition coefficient (Wildman–Crippen LogP) is 1.28. The largest absolute Gasteiger partial charge is 0.369 e. The molecule has 0 atom stereocenters. The lowest BCUT2D eigenvalue weighted by molar-refractivity contribution is -0.117. The van der Waals surface area contributed by atoms with Crippen LogP contribution in [0.3, 0.4) is 0 Å². The summed E-state index contributed by atoms with van der Waals surface area (Å²) in [5.41, 5.74) is 6.35. The summed E-state index contributed by atoms with van der Waals surface area (Å²) in [6.45, 7) is 1.81. The van der Waals surface area contributed by atoms with Gasteiger partial charge >= 0.3 is 0 Å². The topological polar surface area (TPSA) is 102 Å². The van der Waals surface area contributed by atoms with E-state index in [1.807, 2.05) is 13.0 Å². The Hall–Kier alpha value is -1.93. The number of primary amides is 1. The van der Waals surface area contributed by atoms with Crippen molar-refractivity contribution in [3.05, 3.63) is 40.9 Å². The number of rotatable bonds is 5. The molecule has 0 radical (unpaired) electrons. The molecule has 1 heterocycles. The van der Waals surface area contributed by atoms with Gasteiger partial charge in [-0.15, -0.1) is 11.3 Å². The van der Waals surface area contributed by atoms with Crippen LogP contribution in [0.5, 0.6) is 0 Å². The molecule has 1 amide bonds. The summed E-state index contributed by atoms with van der Waals surface area (Å²) in [6, 6.07) is 6.56. The number of aromatic nitrogens is 1. The summed E-state index contributed by atoms with van der Waals surface area (Å²) in [7, 11) is -3.67. The average molecular weight is 311 g/mol. The second-order valence-electron chi connectivity index (χ2n) is 4.21. The SMILES string of the molecule is Cc1cccc(S(=O)(=O)Nc2nc(CC(N)=O)cs2)c1. The van der Waals surface area contributed by atoms with Crippen molar-refractivity contribution in [2.45, 2.75) is 18.2 Å². The summed E-state index contributed by atoms with van der Waals surface area (Å²) in [4.78, 5) is 15.0. The highest BCUT2D eigenvalue weighted by atomic mass is 32.2. The maximum atomic E-state index is 12.1. The van der Waals surface area contributed by atoms with Crippen LogP contribution in [0.2, 0.25) is 0 Å². The first kappa shape index (κ1) is 14.5. The molecule has 1 aromatic heterocycles. The molecule has 0 aliphatic heterocycles. The van der Waals surface area contributed by atoms with Crippen molar-refractivity contribution >= 4 is 32.4 Å². The number of hydrogen-bond acceptors (Lipinski definition) is 5. The molecule has 0 unspecified atom stereocenters. The van der Waals surface area contributed by atoms with E-state index in [0.29, 0.717) is 5.69 Å². The van der Waals surface area contributed by atoms with Gasteiger partial charge in [0.25, 0.3) is 10.0 Å². The van der Waals surface area contributed by atoms with E-state index in [0.717, 1.165) is 16.9 Å².